The second-order valence-electron chi connectivity index (χ2n) is 6.02. The van der Waals surface area contributed by atoms with Gasteiger partial charge >= 0.3 is 12.0 Å². The fraction of sp³-hybridized carbons (Fsp3) is 0.474. The lowest BCUT2D eigenvalue weighted by atomic mass is 9.94. The van der Waals surface area contributed by atoms with Gasteiger partial charge in [-0.05, 0) is 32.5 Å². The second kappa shape index (κ2) is 8.67. The Hall–Kier alpha value is -2.34. The van der Waals surface area contributed by atoms with Gasteiger partial charge in [0, 0.05) is 12.2 Å². The number of hydrogen-bond donors (Lipinski definition) is 2. The minimum absolute atomic E-state index is 0.287. The van der Waals surface area contributed by atoms with Crippen LogP contribution >= 0.6 is 0 Å². The van der Waals surface area contributed by atoms with E-state index >= 15 is 0 Å². The number of esters is 1. The van der Waals surface area contributed by atoms with Crippen LogP contribution in [0.15, 0.2) is 35.5 Å². The number of amides is 2. The van der Waals surface area contributed by atoms with E-state index < -0.39 is 12.0 Å². The highest BCUT2D eigenvalue weighted by molar-refractivity contribution is 5.95. The Balaban J connectivity index is 2.48. The van der Waals surface area contributed by atoms with Crippen molar-refractivity contribution in [3.63, 3.8) is 0 Å². The van der Waals surface area contributed by atoms with Gasteiger partial charge in [0.1, 0.15) is 0 Å². The molecular weight excluding hydrogens is 318 g/mol. The van der Waals surface area contributed by atoms with Crippen LogP contribution in [0, 0.1) is 6.92 Å². The van der Waals surface area contributed by atoms with Crippen molar-refractivity contribution in [2.75, 3.05) is 26.2 Å². The molecule has 0 saturated heterocycles. The van der Waals surface area contributed by atoms with Crippen LogP contribution in [0.1, 0.15) is 37.9 Å². The number of nitrogens with zero attached hydrogens (tertiary/aromatic N) is 1. The van der Waals surface area contributed by atoms with Crippen molar-refractivity contribution >= 4 is 12.0 Å². The number of likely N-dealkylation sites (N-methyl/N-ethyl adjacent to an activating group) is 1. The highest BCUT2D eigenvalue weighted by Crippen LogP contribution is 2.28. The summed E-state index contributed by atoms with van der Waals surface area (Å²) in [6.07, 6.45) is 0. The maximum atomic E-state index is 12.6. The molecule has 0 aromatic heterocycles. The molecule has 1 unspecified atom stereocenters. The van der Waals surface area contributed by atoms with E-state index in [2.05, 4.69) is 29.4 Å². The number of aryl methyl sites for hydroxylation is 1. The van der Waals surface area contributed by atoms with E-state index in [4.69, 9.17) is 4.74 Å². The highest BCUT2D eigenvalue weighted by atomic mass is 16.5. The molecule has 0 fully saturated rings. The number of hydrogen-bond acceptors (Lipinski definition) is 4. The van der Waals surface area contributed by atoms with Gasteiger partial charge in [0.15, 0.2) is 0 Å². The molecule has 25 heavy (non-hydrogen) atoms. The Labute approximate surface area is 149 Å². The second-order valence-corrected chi connectivity index (χ2v) is 6.02. The lowest BCUT2D eigenvalue weighted by Gasteiger charge is -2.31. The number of rotatable bonds is 7. The number of benzene rings is 1. The Kier molecular flexibility index (Phi) is 6.58. The lowest BCUT2D eigenvalue weighted by Crippen LogP contribution is -2.48. The average Bonchev–Trinajstić information content (AvgIpc) is 2.59. The Morgan fingerprint density at radius 3 is 2.36 bits per heavy atom. The summed E-state index contributed by atoms with van der Waals surface area (Å²) < 4.78 is 5.26. The first kappa shape index (κ1) is 19.0. The molecule has 1 atom stereocenters. The van der Waals surface area contributed by atoms with Crippen molar-refractivity contribution in [2.24, 2.45) is 0 Å². The Bertz CT molecular complexity index is 648. The maximum absolute atomic E-state index is 12.6. The number of carbonyl (C=O) groups excluding carboxylic acids is 2. The van der Waals surface area contributed by atoms with Gasteiger partial charge in [-0.2, -0.15) is 0 Å². The molecule has 1 aromatic rings. The summed E-state index contributed by atoms with van der Waals surface area (Å²) in [6.45, 7) is 10.3. The number of carbonyl (C=O) groups is 2. The van der Waals surface area contributed by atoms with E-state index in [1.54, 1.807) is 6.92 Å². The van der Waals surface area contributed by atoms with Gasteiger partial charge in [-0.25, -0.2) is 9.59 Å². The quantitative estimate of drug-likeness (QED) is 0.745. The van der Waals surface area contributed by atoms with Crippen molar-refractivity contribution in [1.29, 1.82) is 0 Å². The Morgan fingerprint density at radius 2 is 1.80 bits per heavy atom. The van der Waals surface area contributed by atoms with Gasteiger partial charge in [-0.1, -0.05) is 43.7 Å². The molecule has 1 aromatic carbocycles. The lowest BCUT2D eigenvalue weighted by molar-refractivity contribution is -0.139. The summed E-state index contributed by atoms with van der Waals surface area (Å²) in [5.41, 5.74) is 3.06. The van der Waals surface area contributed by atoms with Crippen molar-refractivity contribution in [1.82, 2.24) is 15.5 Å². The molecule has 0 spiro atoms. The zero-order valence-corrected chi connectivity index (χ0v) is 15.4. The SMILES string of the molecule is CCOC(=O)C1=C(CN(CC)CC)NC(=O)NC1c1ccc(C)cc1. The van der Waals surface area contributed by atoms with Crippen molar-refractivity contribution < 1.29 is 14.3 Å². The number of ether oxygens (including phenoxy) is 1. The van der Waals surface area contributed by atoms with Crippen molar-refractivity contribution in [2.45, 2.75) is 33.7 Å². The van der Waals surface area contributed by atoms with E-state index in [1.165, 1.54) is 0 Å². The summed E-state index contributed by atoms with van der Waals surface area (Å²) in [6, 6.07) is 6.98. The minimum Gasteiger partial charge on any atom is -0.463 e. The largest absolute Gasteiger partial charge is 0.463 e. The van der Waals surface area contributed by atoms with Gasteiger partial charge in [-0.15, -0.1) is 0 Å². The van der Waals surface area contributed by atoms with Crippen molar-refractivity contribution in [3.8, 4) is 0 Å². The molecule has 0 aliphatic carbocycles. The number of urea groups is 1. The number of nitrogens with one attached hydrogen (secondary N) is 2. The first-order valence-electron chi connectivity index (χ1n) is 8.76. The third-order valence-corrected chi connectivity index (χ3v) is 4.34. The van der Waals surface area contributed by atoms with Crippen molar-refractivity contribution in [3.05, 3.63) is 46.7 Å². The first-order chi connectivity index (χ1) is 12.0. The maximum Gasteiger partial charge on any atom is 0.338 e. The predicted octanol–water partition coefficient (Wildman–Crippen LogP) is 2.51. The fourth-order valence-corrected chi connectivity index (χ4v) is 2.87. The summed E-state index contributed by atoms with van der Waals surface area (Å²) in [4.78, 5) is 27.0. The molecule has 136 valence electrons. The molecule has 1 heterocycles. The highest BCUT2D eigenvalue weighted by Gasteiger charge is 2.34. The summed E-state index contributed by atoms with van der Waals surface area (Å²) in [5, 5.41) is 5.66. The molecule has 6 nitrogen and oxygen atoms in total. The standard InChI is InChI=1S/C19H27N3O3/c1-5-22(6-2)12-15-16(18(23)25-7-3)17(21-19(24)20-15)14-10-8-13(4)9-11-14/h8-11,17H,5-7,12H2,1-4H3,(H2,20,21,24). The van der Waals surface area contributed by atoms with Gasteiger partial charge < -0.3 is 15.4 Å². The third-order valence-electron chi connectivity index (χ3n) is 4.34. The van der Waals surface area contributed by atoms with Crippen LogP contribution in [0.5, 0.6) is 0 Å². The molecule has 2 amide bonds. The van der Waals surface area contributed by atoms with Gasteiger partial charge in [0.25, 0.3) is 0 Å². The van der Waals surface area contributed by atoms with Gasteiger partial charge in [-0.3, -0.25) is 4.90 Å². The molecule has 0 radical (unpaired) electrons. The predicted molar refractivity (Wildman–Crippen MR) is 97.0 cm³/mol. The molecule has 1 aliphatic heterocycles. The summed E-state index contributed by atoms with van der Waals surface area (Å²) in [5.74, 6) is -0.400. The molecule has 6 heteroatoms. The van der Waals surface area contributed by atoms with Crippen LogP contribution in [0.3, 0.4) is 0 Å². The van der Waals surface area contributed by atoms with Gasteiger partial charge in [0.05, 0.1) is 18.2 Å². The van der Waals surface area contributed by atoms with Crippen LogP contribution in [-0.4, -0.2) is 43.1 Å². The fourth-order valence-electron chi connectivity index (χ4n) is 2.87. The average molecular weight is 345 g/mol. The van der Waals surface area contributed by atoms with Gasteiger partial charge in [0.2, 0.25) is 0 Å². The monoisotopic (exact) mass is 345 g/mol. The van der Waals surface area contributed by atoms with E-state index in [0.29, 0.717) is 17.8 Å². The van der Waals surface area contributed by atoms with E-state index in [9.17, 15) is 9.59 Å². The first-order valence-corrected chi connectivity index (χ1v) is 8.76. The third kappa shape index (κ3) is 4.60. The van der Waals surface area contributed by atoms with Crippen LogP contribution in [-0.2, 0) is 9.53 Å². The molecule has 2 rings (SSSR count). The minimum atomic E-state index is -0.515. The summed E-state index contributed by atoms with van der Waals surface area (Å²) >= 11 is 0. The van der Waals surface area contributed by atoms with Crippen LogP contribution in [0.25, 0.3) is 0 Å². The smallest absolute Gasteiger partial charge is 0.338 e. The summed E-state index contributed by atoms with van der Waals surface area (Å²) in [7, 11) is 0. The van der Waals surface area contributed by atoms with E-state index in [0.717, 1.165) is 24.2 Å². The molecule has 1 aliphatic rings. The topological polar surface area (TPSA) is 70.7 Å². The zero-order chi connectivity index (χ0) is 18.4. The van der Waals surface area contributed by atoms with Crippen LogP contribution in [0.4, 0.5) is 4.79 Å². The molecule has 0 bridgehead atoms. The van der Waals surface area contributed by atoms with E-state index in [1.807, 2.05) is 31.2 Å². The van der Waals surface area contributed by atoms with Crippen LogP contribution in [0.2, 0.25) is 0 Å². The molecule has 0 saturated carbocycles. The zero-order valence-electron chi connectivity index (χ0n) is 15.4. The normalized spacial score (nSPS) is 17.3. The van der Waals surface area contributed by atoms with Crippen LogP contribution < -0.4 is 10.6 Å². The molecular formula is C19H27N3O3. The molecule has 2 N–H and O–H groups in total. The van der Waals surface area contributed by atoms with E-state index in [-0.39, 0.29) is 12.6 Å². The Morgan fingerprint density at radius 1 is 1.16 bits per heavy atom.